The quantitative estimate of drug-likeness (QED) is 0.307. The molecule has 0 bridgehead atoms. The molecule has 4 rings (SSSR count). The minimum Gasteiger partial charge on any atom is -0.283 e. The van der Waals surface area contributed by atoms with Gasteiger partial charge in [0.2, 0.25) is 0 Å². The van der Waals surface area contributed by atoms with Crippen LogP contribution in [0.15, 0.2) is 42.5 Å². The number of thiocyanates is 1. The van der Waals surface area contributed by atoms with E-state index in [-0.39, 0.29) is 5.91 Å². The van der Waals surface area contributed by atoms with Gasteiger partial charge in [-0.05, 0) is 61.7 Å². The molecule has 1 fully saturated rings. The molecule has 1 aliphatic rings. The van der Waals surface area contributed by atoms with E-state index >= 15 is 0 Å². The molecule has 0 spiro atoms. The first-order chi connectivity index (χ1) is 16.5. The van der Waals surface area contributed by atoms with Crippen molar-refractivity contribution in [2.75, 3.05) is 18.8 Å². The monoisotopic (exact) mass is 513 g/mol. The third-order valence-corrected chi connectivity index (χ3v) is 6.95. The van der Waals surface area contributed by atoms with Crippen LogP contribution in [0.3, 0.4) is 0 Å². The van der Waals surface area contributed by atoms with Gasteiger partial charge in [0.25, 0.3) is 5.91 Å². The Hall–Kier alpha value is -2.50. The summed E-state index contributed by atoms with van der Waals surface area (Å²) in [5.41, 5.74) is 7.66. The molecule has 0 radical (unpaired) electrons. The van der Waals surface area contributed by atoms with Crippen LogP contribution in [-0.2, 0) is 6.42 Å². The van der Waals surface area contributed by atoms with E-state index in [1.807, 2.05) is 36.2 Å². The number of aromatic nitrogens is 2. The molecule has 9 heteroatoms. The molecular weight excluding hydrogens is 489 g/mol. The highest BCUT2D eigenvalue weighted by molar-refractivity contribution is 8.03. The maximum atomic E-state index is 13.2. The van der Waals surface area contributed by atoms with Crippen molar-refractivity contribution in [3.63, 3.8) is 0 Å². The van der Waals surface area contributed by atoms with Crippen molar-refractivity contribution in [1.82, 2.24) is 20.2 Å². The van der Waals surface area contributed by atoms with Gasteiger partial charge in [-0.25, -0.2) is 9.69 Å². The Labute approximate surface area is 213 Å². The van der Waals surface area contributed by atoms with Crippen LogP contribution in [0.5, 0.6) is 0 Å². The highest BCUT2D eigenvalue weighted by Gasteiger charge is 2.25. The summed E-state index contributed by atoms with van der Waals surface area (Å²) in [6, 6.07) is 13.4. The molecule has 2 heterocycles. The Morgan fingerprint density at radius 1 is 1.15 bits per heavy atom. The molecule has 3 aromatic rings. The molecule has 0 aliphatic carbocycles. The summed E-state index contributed by atoms with van der Waals surface area (Å²) in [5, 5.41) is 18.5. The number of carbonyl (C=O) groups excluding carboxylic acids is 1. The number of hydrazine groups is 1. The lowest BCUT2D eigenvalue weighted by Crippen LogP contribution is -2.45. The summed E-state index contributed by atoms with van der Waals surface area (Å²) < 4.78 is 1.72. The second-order valence-corrected chi connectivity index (χ2v) is 9.93. The summed E-state index contributed by atoms with van der Waals surface area (Å²) in [6.07, 6.45) is 4.13. The molecule has 1 aliphatic heterocycles. The van der Waals surface area contributed by atoms with E-state index in [4.69, 9.17) is 33.6 Å². The molecular formula is C25H25Cl2N5OS. The van der Waals surface area contributed by atoms with Crippen LogP contribution in [0.4, 0.5) is 0 Å². The predicted molar refractivity (Wildman–Crippen MR) is 138 cm³/mol. The number of hydrogen-bond donors (Lipinski definition) is 1. The lowest BCUT2D eigenvalue weighted by Gasteiger charge is -2.26. The van der Waals surface area contributed by atoms with E-state index < -0.39 is 0 Å². The molecule has 6 nitrogen and oxygen atoms in total. The Kier molecular flexibility index (Phi) is 8.17. The number of benzene rings is 2. The van der Waals surface area contributed by atoms with Gasteiger partial charge in [-0.2, -0.15) is 10.4 Å². The van der Waals surface area contributed by atoms with E-state index in [1.165, 1.54) is 18.2 Å². The smallest absolute Gasteiger partial charge is 0.283 e. The Morgan fingerprint density at radius 2 is 1.88 bits per heavy atom. The van der Waals surface area contributed by atoms with Crippen LogP contribution in [0.25, 0.3) is 16.9 Å². The molecule has 1 saturated heterocycles. The van der Waals surface area contributed by atoms with Crippen LogP contribution < -0.4 is 5.43 Å². The van der Waals surface area contributed by atoms with Gasteiger partial charge in [-0.3, -0.25) is 10.2 Å². The second kappa shape index (κ2) is 11.3. The number of carbonyl (C=O) groups is 1. The maximum Gasteiger partial charge on any atom is 0.286 e. The van der Waals surface area contributed by atoms with Crippen molar-refractivity contribution in [1.29, 1.82) is 5.26 Å². The molecule has 1 amide bonds. The Balaban J connectivity index is 1.73. The van der Waals surface area contributed by atoms with Gasteiger partial charge in [0, 0.05) is 35.0 Å². The number of hydrogen-bond acceptors (Lipinski definition) is 5. The van der Waals surface area contributed by atoms with E-state index in [2.05, 4.69) is 10.8 Å². The number of amides is 1. The van der Waals surface area contributed by atoms with Gasteiger partial charge in [-0.15, -0.1) is 0 Å². The largest absolute Gasteiger partial charge is 0.286 e. The molecule has 34 heavy (non-hydrogen) atoms. The van der Waals surface area contributed by atoms with Crippen LogP contribution in [0.1, 0.15) is 40.9 Å². The average Bonchev–Trinajstić information content (AvgIpc) is 3.17. The van der Waals surface area contributed by atoms with Gasteiger partial charge < -0.3 is 0 Å². The molecule has 0 atom stereocenters. The van der Waals surface area contributed by atoms with Crippen molar-refractivity contribution < 1.29 is 4.79 Å². The number of halogens is 2. The van der Waals surface area contributed by atoms with Crippen LogP contribution >= 0.6 is 35.0 Å². The zero-order valence-electron chi connectivity index (χ0n) is 18.9. The minimum absolute atomic E-state index is 0.227. The molecule has 0 saturated carbocycles. The highest BCUT2D eigenvalue weighted by Crippen LogP contribution is 2.33. The zero-order valence-corrected chi connectivity index (χ0v) is 21.2. The Morgan fingerprint density at radius 3 is 2.56 bits per heavy atom. The van der Waals surface area contributed by atoms with Gasteiger partial charge in [0.1, 0.15) is 5.40 Å². The molecule has 1 aromatic heterocycles. The third-order valence-electron chi connectivity index (χ3n) is 5.88. The van der Waals surface area contributed by atoms with E-state index in [9.17, 15) is 4.79 Å². The van der Waals surface area contributed by atoms with Crippen molar-refractivity contribution in [3.05, 3.63) is 69.3 Å². The average molecular weight is 514 g/mol. The van der Waals surface area contributed by atoms with Crippen LogP contribution in [0.2, 0.25) is 10.0 Å². The summed E-state index contributed by atoms with van der Waals surface area (Å²) in [6.45, 7) is 3.59. The van der Waals surface area contributed by atoms with Crippen molar-refractivity contribution in [2.24, 2.45) is 0 Å². The number of aryl methyl sites for hydroxylation is 1. The first-order valence-corrected chi connectivity index (χ1v) is 12.9. The van der Waals surface area contributed by atoms with Gasteiger partial charge in [0.05, 0.1) is 16.4 Å². The number of piperidine rings is 1. The lowest BCUT2D eigenvalue weighted by atomic mass is 10.0. The summed E-state index contributed by atoms with van der Waals surface area (Å²) in [5.74, 6) is 0.517. The van der Waals surface area contributed by atoms with E-state index in [0.29, 0.717) is 21.4 Å². The predicted octanol–water partition coefficient (Wildman–Crippen LogP) is 6.04. The zero-order chi connectivity index (χ0) is 24.1. The number of nitriles is 1. The SMILES string of the molecule is Cc1c(C(=O)NN2CCCCC2)nn(-c2ccc(Cl)cc2Cl)c1-c1ccc(CCSC#N)cc1. The fraction of sp³-hybridized carbons (Fsp3) is 0.320. The second-order valence-electron chi connectivity index (χ2n) is 8.21. The summed E-state index contributed by atoms with van der Waals surface area (Å²) in [7, 11) is 0. The number of rotatable bonds is 7. The number of nitrogens with one attached hydrogen (secondary N) is 1. The third kappa shape index (κ3) is 5.59. The van der Waals surface area contributed by atoms with Crippen molar-refractivity contribution >= 4 is 40.9 Å². The highest BCUT2D eigenvalue weighted by atomic mass is 35.5. The number of nitrogens with zero attached hydrogens (tertiary/aromatic N) is 4. The van der Waals surface area contributed by atoms with Crippen LogP contribution in [-0.4, -0.2) is 39.5 Å². The van der Waals surface area contributed by atoms with E-state index in [1.54, 1.807) is 22.9 Å². The minimum atomic E-state index is -0.227. The molecule has 1 N–H and O–H groups in total. The summed E-state index contributed by atoms with van der Waals surface area (Å²) in [4.78, 5) is 13.2. The van der Waals surface area contributed by atoms with Gasteiger partial charge >= 0.3 is 0 Å². The first-order valence-electron chi connectivity index (χ1n) is 11.2. The lowest BCUT2D eigenvalue weighted by molar-refractivity contribution is 0.0743. The maximum absolute atomic E-state index is 13.2. The van der Waals surface area contributed by atoms with Gasteiger partial charge in [0.15, 0.2) is 5.69 Å². The number of thioether (sulfide) groups is 1. The Bertz CT molecular complexity index is 1210. The van der Waals surface area contributed by atoms with Gasteiger partial charge in [-0.1, -0.05) is 53.9 Å². The first kappa shape index (κ1) is 24.6. The van der Waals surface area contributed by atoms with Crippen LogP contribution in [0, 0.1) is 17.6 Å². The fourth-order valence-corrected chi connectivity index (χ4v) is 5.04. The summed E-state index contributed by atoms with van der Waals surface area (Å²) >= 11 is 13.9. The fourth-order valence-electron chi connectivity index (χ4n) is 4.12. The van der Waals surface area contributed by atoms with Crippen molar-refractivity contribution in [3.8, 4) is 22.3 Å². The standard InChI is InChI=1S/C25H25Cl2N5OS/c1-17-23(25(33)30-31-12-3-2-4-13-31)29-32(22-10-9-20(26)15-21(22)27)24(17)19-7-5-18(6-8-19)11-14-34-16-28/h5-10,15H,2-4,11-14H2,1H3,(H,30,33). The van der Waals surface area contributed by atoms with E-state index in [0.717, 1.165) is 60.5 Å². The molecule has 0 unspecified atom stereocenters. The molecule has 2 aromatic carbocycles. The van der Waals surface area contributed by atoms with Crippen molar-refractivity contribution in [2.45, 2.75) is 32.6 Å². The topological polar surface area (TPSA) is 74.0 Å². The normalized spacial score (nSPS) is 14.1. The molecule has 176 valence electrons.